The molecular formula is C22H26N6. The molecule has 28 heavy (non-hydrogen) atoms. The first-order valence-corrected chi connectivity index (χ1v) is 9.63. The van der Waals surface area contributed by atoms with Crippen molar-refractivity contribution >= 4 is 28.8 Å². The van der Waals surface area contributed by atoms with Crippen molar-refractivity contribution in [2.24, 2.45) is 0 Å². The number of piperazine rings is 1. The van der Waals surface area contributed by atoms with Crippen LogP contribution >= 0.6 is 0 Å². The summed E-state index contributed by atoms with van der Waals surface area (Å²) in [6.07, 6.45) is 1.76. The molecule has 0 amide bonds. The molecule has 2 heterocycles. The number of rotatable bonds is 5. The lowest BCUT2D eigenvalue weighted by molar-refractivity contribution is 0.313. The third-order valence-corrected chi connectivity index (χ3v) is 4.94. The van der Waals surface area contributed by atoms with Gasteiger partial charge in [-0.3, -0.25) is 0 Å². The largest absolute Gasteiger partial charge is 0.369 e. The van der Waals surface area contributed by atoms with Crippen molar-refractivity contribution in [3.8, 4) is 0 Å². The van der Waals surface area contributed by atoms with Crippen LogP contribution in [-0.2, 0) is 0 Å². The first-order chi connectivity index (χ1) is 13.7. The Morgan fingerprint density at radius 3 is 2.39 bits per heavy atom. The molecule has 1 aliphatic rings. The SMILES string of the molecule is Cc1cccc(Nc2ccnc(Nc3ccc(N4CCN(C)CC4)cc3)n2)c1. The second kappa shape index (κ2) is 8.27. The summed E-state index contributed by atoms with van der Waals surface area (Å²) < 4.78 is 0. The summed E-state index contributed by atoms with van der Waals surface area (Å²) >= 11 is 0. The summed E-state index contributed by atoms with van der Waals surface area (Å²) in [5, 5.41) is 6.61. The van der Waals surface area contributed by atoms with Crippen LogP contribution in [0.1, 0.15) is 5.56 Å². The van der Waals surface area contributed by atoms with E-state index >= 15 is 0 Å². The minimum absolute atomic E-state index is 0.574. The molecule has 0 aliphatic carbocycles. The highest BCUT2D eigenvalue weighted by Gasteiger charge is 2.14. The van der Waals surface area contributed by atoms with E-state index in [0.29, 0.717) is 5.95 Å². The van der Waals surface area contributed by atoms with E-state index in [1.165, 1.54) is 11.3 Å². The van der Waals surface area contributed by atoms with Crippen LogP contribution in [-0.4, -0.2) is 48.1 Å². The normalized spacial score (nSPS) is 14.7. The van der Waals surface area contributed by atoms with E-state index in [-0.39, 0.29) is 0 Å². The fourth-order valence-electron chi connectivity index (χ4n) is 3.31. The van der Waals surface area contributed by atoms with Gasteiger partial charge in [0.05, 0.1) is 0 Å². The molecule has 6 heteroatoms. The summed E-state index contributed by atoms with van der Waals surface area (Å²) in [7, 11) is 2.17. The Hall–Kier alpha value is -3.12. The predicted octanol–water partition coefficient (Wildman–Crippen LogP) is 4.02. The molecule has 3 aromatic rings. The number of benzene rings is 2. The Bertz CT molecular complexity index is 916. The fourth-order valence-corrected chi connectivity index (χ4v) is 3.31. The number of anilines is 5. The summed E-state index contributed by atoms with van der Waals surface area (Å²) in [5.41, 5.74) is 4.46. The van der Waals surface area contributed by atoms with Gasteiger partial charge in [-0.15, -0.1) is 0 Å². The number of aryl methyl sites for hydroxylation is 1. The molecule has 1 saturated heterocycles. The van der Waals surface area contributed by atoms with Gasteiger partial charge < -0.3 is 20.4 Å². The molecule has 1 aliphatic heterocycles. The van der Waals surface area contributed by atoms with Crippen LogP contribution in [0, 0.1) is 6.92 Å². The molecular weight excluding hydrogens is 348 g/mol. The van der Waals surface area contributed by atoms with Crippen molar-refractivity contribution in [3.63, 3.8) is 0 Å². The number of hydrogen-bond donors (Lipinski definition) is 2. The number of nitrogens with zero attached hydrogens (tertiary/aromatic N) is 4. The van der Waals surface area contributed by atoms with Gasteiger partial charge in [-0.1, -0.05) is 12.1 Å². The van der Waals surface area contributed by atoms with E-state index in [1.807, 2.05) is 18.2 Å². The maximum Gasteiger partial charge on any atom is 0.229 e. The zero-order valence-corrected chi connectivity index (χ0v) is 16.4. The second-order valence-electron chi connectivity index (χ2n) is 7.22. The number of likely N-dealkylation sites (N-methyl/N-ethyl adjacent to an activating group) is 1. The lowest BCUT2D eigenvalue weighted by Crippen LogP contribution is -2.44. The second-order valence-corrected chi connectivity index (χ2v) is 7.22. The van der Waals surface area contributed by atoms with E-state index in [2.05, 4.69) is 80.8 Å². The molecule has 0 saturated carbocycles. The van der Waals surface area contributed by atoms with E-state index in [4.69, 9.17) is 0 Å². The highest BCUT2D eigenvalue weighted by molar-refractivity contribution is 5.62. The number of hydrogen-bond acceptors (Lipinski definition) is 6. The first kappa shape index (κ1) is 18.3. The smallest absolute Gasteiger partial charge is 0.229 e. The molecule has 0 atom stereocenters. The van der Waals surface area contributed by atoms with Crippen molar-refractivity contribution < 1.29 is 0 Å². The lowest BCUT2D eigenvalue weighted by atomic mass is 10.2. The van der Waals surface area contributed by atoms with E-state index in [0.717, 1.165) is 43.4 Å². The van der Waals surface area contributed by atoms with Gasteiger partial charge in [-0.25, -0.2) is 4.98 Å². The Labute approximate surface area is 166 Å². The highest BCUT2D eigenvalue weighted by Crippen LogP contribution is 2.22. The zero-order chi connectivity index (χ0) is 19.3. The van der Waals surface area contributed by atoms with Crippen LogP contribution in [0.15, 0.2) is 60.8 Å². The van der Waals surface area contributed by atoms with Crippen LogP contribution in [0.2, 0.25) is 0 Å². The Morgan fingerprint density at radius 2 is 1.64 bits per heavy atom. The maximum atomic E-state index is 4.56. The van der Waals surface area contributed by atoms with Crippen LogP contribution in [0.25, 0.3) is 0 Å². The van der Waals surface area contributed by atoms with Gasteiger partial charge in [0, 0.05) is 49.4 Å². The highest BCUT2D eigenvalue weighted by atomic mass is 15.2. The number of aromatic nitrogens is 2. The van der Waals surface area contributed by atoms with E-state index in [1.54, 1.807) is 6.20 Å². The molecule has 0 spiro atoms. The summed E-state index contributed by atoms with van der Waals surface area (Å²) in [5.74, 6) is 1.34. The van der Waals surface area contributed by atoms with E-state index < -0.39 is 0 Å². The Balaban J connectivity index is 1.41. The monoisotopic (exact) mass is 374 g/mol. The predicted molar refractivity (Wildman–Crippen MR) is 116 cm³/mol. The molecule has 1 aromatic heterocycles. The molecule has 2 aromatic carbocycles. The molecule has 4 rings (SSSR count). The first-order valence-electron chi connectivity index (χ1n) is 9.63. The van der Waals surface area contributed by atoms with Crippen molar-refractivity contribution in [2.75, 3.05) is 48.8 Å². The Morgan fingerprint density at radius 1 is 0.857 bits per heavy atom. The van der Waals surface area contributed by atoms with Gasteiger partial charge in [-0.2, -0.15) is 4.98 Å². The Kier molecular flexibility index (Phi) is 5.39. The van der Waals surface area contributed by atoms with Crippen molar-refractivity contribution in [3.05, 3.63) is 66.4 Å². The molecule has 144 valence electrons. The van der Waals surface area contributed by atoms with Gasteiger partial charge in [0.2, 0.25) is 5.95 Å². The topological polar surface area (TPSA) is 56.3 Å². The van der Waals surface area contributed by atoms with Gasteiger partial charge in [0.15, 0.2) is 0 Å². The average Bonchev–Trinajstić information content (AvgIpc) is 2.70. The summed E-state index contributed by atoms with van der Waals surface area (Å²) in [4.78, 5) is 13.7. The fraction of sp³-hybridized carbons (Fsp3) is 0.273. The van der Waals surface area contributed by atoms with Crippen LogP contribution in [0.3, 0.4) is 0 Å². The molecule has 1 fully saturated rings. The molecule has 2 N–H and O–H groups in total. The third-order valence-electron chi connectivity index (χ3n) is 4.94. The molecule has 0 radical (unpaired) electrons. The third kappa shape index (κ3) is 4.58. The van der Waals surface area contributed by atoms with Gasteiger partial charge in [0.25, 0.3) is 0 Å². The minimum Gasteiger partial charge on any atom is -0.369 e. The summed E-state index contributed by atoms with van der Waals surface area (Å²) in [6, 6.07) is 18.6. The minimum atomic E-state index is 0.574. The van der Waals surface area contributed by atoms with Gasteiger partial charge in [-0.05, 0) is 62.0 Å². The summed E-state index contributed by atoms with van der Waals surface area (Å²) in [6.45, 7) is 6.42. The van der Waals surface area contributed by atoms with Crippen molar-refractivity contribution in [2.45, 2.75) is 6.92 Å². The molecule has 6 nitrogen and oxygen atoms in total. The molecule has 0 bridgehead atoms. The van der Waals surface area contributed by atoms with Crippen LogP contribution in [0.5, 0.6) is 0 Å². The van der Waals surface area contributed by atoms with Crippen molar-refractivity contribution in [1.29, 1.82) is 0 Å². The molecule has 0 unspecified atom stereocenters. The maximum absolute atomic E-state index is 4.56. The van der Waals surface area contributed by atoms with Crippen LogP contribution < -0.4 is 15.5 Å². The zero-order valence-electron chi connectivity index (χ0n) is 16.4. The van der Waals surface area contributed by atoms with E-state index in [9.17, 15) is 0 Å². The van der Waals surface area contributed by atoms with Crippen molar-refractivity contribution in [1.82, 2.24) is 14.9 Å². The lowest BCUT2D eigenvalue weighted by Gasteiger charge is -2.34. The standard InChI is InChI=1S/C22H26N6/c1-17-4-3-5-19(16-17)24-21-10-11-23-22(26-21)25-18-6-8-20(9-7-18)28-14-12-27(2)13-15-28/h3-11,16H,12-15H2,1-2H3,(H2,23,24,25,26). The average molecular weight is 374 g/mol. The number of nitrogens with one attached hydrogen (secondary N) is 2. The quantitative estimate of drug-likeness (QED) is 0.703. The van der Waals surface area contributed by atoms with Crippen LogP contribution in [0.4, 0.5) is 28.8 Å². The van der Waals surface area contributed by atoms with Gasteiger partial charge in [0.1, 0.15) is 5.82 Å². The van der Waals surface area contributed by atoms with Gasteiger partial charge >= 0.3 is 0 Å².